The minimum absolute atomic E-state index is 0.0314. The summed E-state index contributed by atoms with van der Waals surface area (Å²) >= 11 is 8.11. The fourth-order valence-corrected chi connectivity index (χ4v) is 3.70. The van der Waals surface area contributed by atoms with Crippen molar-refractivity contribution in [2.24, 2.45) is 5.73 Å². The SMILES string of the molecule is Cc1cc(I)cc(C(N)=O)c1NC(=O)c1cc(OC(F)C(F)F)nn1-c1ncccc1Cl. The van der Waals surface area contributed by atoms with Gasteiger partial charge in [0.1, 0.15) is 5.69 Å². The Labute approximate surface area is 198 Å². The number of aryl methyl sites for hydroxylation is 1. The average Bonchev–Trinajstić information content (AvgIpc) is 3.13. The maximum atomic E-state index is 13.4. The lowest BCUT2D eigenvalue weighted by molar-refractivity contribution is -0.0691. The molecule has 0 radical (unpaired) electrons. The van der Waals surface area contributed by atoms with E-state index in [9.17, 15) is 22.8 Å². The van der Waals surface area contributed by atoms with Crippen LogP contribution in [0.1, 0.15) is 26.4 Å². The van der Waals surface area contributed by atoms with Crippen LogP contribution in [0, 0.1) is 10.5 Å². The molecule has 8 nitrogen and oxygen atoms in total. The van der Waals surface area contributed by atoms with Crippen LogP contribution in [-0.4, -0.2) is 39.4 Å². The number of nitrogens with zero attached hydrogens (tertiary/aromatic N) is 3. The van der Waals surface area contributed by atoms with E-state index in [4.69, 9.17) is 17.3 Å². The molecule has 1 atom stereocenters. The van der Waals surface area contributed by atoms with Crippen LogP contribution in [-0.2, 0) is 0 Å². The summed E-state index contributed by atoms with van der Waals surface area (Å²) in [5, 5.41) is 6.47. The number of benzene rings is 1. The van der Waals surface area contributed by atoms with Crippen molar-refractivity contribution in [3.05, 3.63) is 61.9 Å². The van der Waals surface area contributed by atoms with Crippen LogP contribution >= 0.6 is 34.2 Å². The summed E-state index contributed by atoms with van der Waals surface area (Å²) in [4.78, 5) is 28.9. The van der Waals surface area contributed by atoms with Gasteiger partial charge in [0, 0.05) is 15.8 Å². The Balaban J connectivity index is 2.07. The van der Waals surface area contributed by atoms with Gasteiger partial charge in [0.2, 0.25) is 5.88 Å². The molecule has 3 aromatic rings. The van der Waals surface area contributed by atoms with Crippen molar-refractivity contribution in [3.63, 3.8) is 0 Å². The number of aromatic nitrogens is 3. The van der Waals surface area contributed by atoms with E-state index < -0.39 is 30.5 Å². The van der Waals surface area contributed by atoms with Crippen LogP contribution in [0.2, 0.25) is 5.02 Å². The number of rotatable bonds is 7. The van der Waals surface area contributed by atoms with Crippen LogP contribution in [0.5, 0.6) is 5.88 Å². The van der Waals surface area contributed by atoms with Crippen molar-refractivity contribution in [1.82, 2.24) is 14.8 Å². The standard InChI is InChI=1S/C19H14ClF3IN5O3/c1-8-5-9(24)6-10(17(25)30)14(8)27-19(31)12-7-13(32-16(23)15(21)22)28-29(12)18-11(20)3-2-4-26-18/h2-7,15-16H,1H3,(H2,25,30)(H,27,31). The summed E-state index contributed by atoms with van der Waals surface area (Å²) in [7, 11) is 0. The highest BCUT2D eigenvalue weighted by Gasteiger charge is 2.26. The molecule has 0 aliphatic heterocycles. The molecule has 2 amide bonds. The third-order valence-corrected chi connectivity index (χ3v) is 5.01. The molecule has 1 aromatic carbocycles. The molecule has 0 fully saturated rings. The molecule has 3 rings (SSSR count). The van der Waals surface area contributed by atoms with E-state index in [0.717, 1.165) is 10.7 Å². The number of ether oxygens (including phenoxy) is 1. The summed E-state index contributed by atoms with van der Waals surface area (Å²) in [6.45, 7) is 1.65. The lowest BCUT2D eigenvalue weighted by Gasteiger charge is -2.13. The number of alkyl halides is 3. The van der Waals surface area contributed by atoms with Gasteiger partial charge in [-0.1, -0.05) is 11.6 Å². The molecule has 0 bridgehead atoms. The smallest absolute Gasteiger partial charge is 0.304 e. The third-order valence-electron chi connectivity index (χ3n) is 4.09. The first-order chi connectivity index (χ1) is 15.1. The van der Waals surface area contributed by atoms with Gasteiger partial charge in [0.25, 0.3) is 18.2 Å². The third kappa shape index (κ3) is 5.12. The van der Waals surface area contributed by atoms with Gasteiger partial charge in [-0.05, 0) is 59.3 Å². The van der Waals surface area contributed by atoms with E-state index in [2.05, 4.69) is 20.1 Å². The van der Waals surface area contributed by atoms with Crippen LogP contribution in [0.25, 0.3) is 5.82 Å². The molecular formula is C19H14ClF3IN5O3. The van der Waals surface area contributed by atoms with Crippen LogP contribution in [0.3, 0.4) is 0 Å². The quantitative estimate of drug-likeness (QED) is 0.409. The lowest BCUT2D eigenvalue weighted by atomic mass is 10.1. The largest absolute Gasteiger partial charge is 0.436 e. The summed E-state index contributed by atoms with van der Waals surface area (Å²) < 4.78 is 44.6. The average molecular weight is 580 g/mol. The number of primary amides is 1. The fraction of sp³-hybridized carbons (Fsp3) is 0.158. The van der Waals surface area contributed by atoms with Gasteiger partial charge < -0.3 is 15.8 Å². The first-order valence-corrected chi connectivity index (χ1v) is 10.2. The van der Waals surface area contributed by atoms with Crippen molar-refractivity contribution in [2.75, 3.05) is 5.32 Å². The fourth-order valence-electron chi connectivity index (χ4n) is 2.72. The molecule has 2 aromatic heterocycles. The van der Waals surface area contributed by atoms with Gasteiger partial charge in [-0.15, -0.1) is 5.10 Å². The molecule has 3 N–H and O–H groups in total. The zero-order valence-corrected chi connectivity index (χ0v) is 19.1. The Morgan fingerprint density at radius 3 is 2.62 bits per heavy atom. The normalized spacial score (nSPS) is 12.0. The Morgan fingerprint density at radius 2 is 2.00 bits per heavy atom. The molecule has 0 saturated carbocycles. The van der Waals surface area contributed by atoms with Gasteiger partial charge in [-0.2, -0.15) is 4.39 Å². The predicted molar refractivity (Wildman–Crippen MR) is 118 cm³/mol. The minimum Gasteiger partial charge on any atom is -0.436 e. The molecule has 32 heavy (non-hydrogen) atoms. The number of amides is 2. The number of carbonyl (C=O) groups is 2. The van der Waals surface area contributed by atoms with Crippen LogP contribution in [0.4, 0.5) is 18.9 Å². The summed E-state index contributed by atoms with van der Waals surface area (Å²) in [5.74, 6) is -2.23. The zero-order chi connectivity index (χ0) is 23.6. The van der Waals surface area contributed by atoms with E-state index in [-0.39, 0.29) is 27.8 Å². The highest BCUT2D eigenvalue weighted by molar-refractivity contribution is 14.1. The molecule has 0 aliphatic rings. The number of hydrogen-bond donors (Lipinski definition) is 2. The molecule has 0 aliphatic carbocycles. The molecular weight excluding hydrogens is 566 g/mol. The van der Waals surface area contributed by atoms with Crippen molar-refractivity contribution < 1.29 is 27.5 Å². The number of nitrogens with two attached hydrogens (primary N) is 1. The highest BCUT2D eigenvalue weighted by Crippen LogP contribution is 2.27. The molecule has 1 unspecified atom stereocenters. The number of anilines is 1. The monoisotopic (exact) mass is 579 g/mol. The molecule has 168 valence electrons. The van der Waals surface area contributed by atoms with Gasteiger partial charge in [-0.3, -0.25) is 9.59 Å². The summed E-state index contributed by atoms with van der Waals surface area (Å²) in [5.41, 5.74) is 5.89. The van der Waals surface area contributed by atoms with Gasteiger partial charge in [-0.25, -0.2) is 18.4 Å². The topological polar surface area (TPSA) is 112 Å². The maximum absolute atomic E-state index is 13.4. The Kier molecular flexibility index (Phi) is 7.23. The van der Waals surface area contributed by atoms with E-state index in [1.165, 1.54) is 24.4 Å². The lowest BCUT2D eigenvalue weighted by Crippen LogP contribution is -2.22. The number of hydrogen-bond acceptors (Lipinski definition) is 5. The maximum Gasteiger partial charge on any atom is 0.304 e. The number of halogens is 5. The molecule has 0 spiro atoms. The number of pyridine rings is 1. The van der Waals surface area contributed by atoms with E-state index in [1.807, 2.05) is 22.6 Å². The first-order valence-electron chi connectivity index (χ1n) is 8.79. The predicted octanol–water partition coefficient (Wildman–Crippen LogP) is 4.12. The first kappa shape index (κ1) is 23.8. The summed E-state index contributed by atoms with van der Waals surface area (Å²) in [6.07, 6.45) is -5.03. The highest BCUT2D eigenvalue weighted by atomic mass is 127. The van der Waals surface area contributed by atoms with E-state index >= 15 is 0 Å². The number of nitrogens with one attached hydrogen (secondary N) is 1. The molecule has 2 heterocycles. The molecule has 0 saturated heterocycles. The minimum atomic E-state index is -3.43. The Bertz CT molecular complexity index is 1190. The van der Waals surface area contributed by atoms with Crippen LogP contribution in [0.15, 0.2) is 36.5 Å². The summed E-state index contributed by atoms with van der Waals surface area (Å²) in [6, 6.07) is 7.12. The zero-order valence-electron chi connectivity index (χ0n) is 16.2. The van der Waals surface area contributed by atoms with Crippen molar-refractivity contribution in [3.8, 4) is 11.7 Å². The Morgan fingerprint density at radius 1 is 1.28 bits per heavy atom. The molecule has 13 heteroatoms. The van der Waals surface area contributed by atoms with E-state index in [1.54, 1.807) is 13.0 Å². The van der Waals surface area contributed by atoms with Crippen molar-refractivity contribution in [2.45, 2.75) is 19.7 Å². The van der Waals surface area contributed by atoms with Crippen LogP contribution < -0.4 is 15.8 Å². The second-order valence-corrected chi connectivity index (χ2v) is 8.01. The second-order valence-electron chi connectivity index (χ2n) is 6.36. The van der Waals surface area contributed by atoms with Crippen molar-refractivity contribution in [1.29, 1.82) is 0 Å². The van der Waals surface area contributed by atoms with Gasteiger partial charge >= 0.3 is 6.43 Å². The van der Waals surface area contributed by atoms with Gasteiger partial charge in [0.15, 0.2) is 5.82 Å². The van der Waals surface area contributed by atoms with Gasteiger partial charge in [0.05, 0.1) is 16.3 Å². The van der Waals surface area contributed by atoms with E-state index in [0.29, 0.717) is 9.13 Å². The number of carbonyl (C=O) groups excluding carboxylic acids is 2. The Hall–Kier alpha value is -2.87. The van der Waals surface area contributed by atoms with Crippen molar-refractivity contribution >= 4 is 51.7 Å². The second kappa shape index (κ2) is 9.73.